The van der Waals surface area contributed by atoms with Crippen LogP contribution in [-0.4, -0.2) is 31.2 Å². The fourth-order valence-corrected chi connectivity index (χ4v) is 4.64. The van der Waals surface area contributed by atoms with Crippen LogP contribution in [0.15, 0.2) is 65.8 Å². The zero-order valence-corrected chi connectivity index (χ0v) is 17.8. The quantitative estimate of drug-likeness (QED) is 0.284. The van der Waals surface area contributed by atoms with Gasteiger partial charge in [-0.2, -0.15) is 0 Å². The molecule has 1 amide bonds. The average Bonchev–Trinajstić information content (AvgIpc) is 3.45. The second-order valence-electron chi connectivity index (χ2n) is 7.01. The van der Waals surface area contributed by atoms with Gasteiger partial charge >= 0.3 is 5.91 Å². The van der Waals surface area contributed by atoms with Gasteiger partial charge in [0.05, 0.1) is 17.3 Å². The Morgan fingerprint density at radius 1 is 1.16 bits per heavy atom. The molecule has 1 fully saturated rings. The predicted octanol–water partition coefficient (Wildman–Crippen LogP) is 4.38. The topological polar surface area (TPSA) is 87.8 Å². The zero-order valence-electron chi connectivity index (χ0n) is 16.2. The Morgan fingerprint density at radius 3 is 2.65 bits per heavy atom. The number of carbonyl (C=O) groups is 2. The minimum atomic E-state index is -0.850. The summed E-state index contributed by atoms with van der Waals surface area (Å²) >= 11 is 7.29. The van der Waals surface area contributed by atoms with Gasteiger partial charge in [-0.25, -0.2) is 9.97 Å². The molecule has 0 spiro atoms. The Balaban J connectivity index is 1.79. The van der Waals surface area contributed by atoms with E-state index in [4.69, 9.17) is 11.6 Å². The van der Waals surface area contributed by atoms with Gasteiger partial charge in [-0.1, -0.05) is 29.8 Å². The smallest absolute Gasteiger partial charge is 0.301 e. The van der Waals surface area contributed by atoms with E-state index >= 15 is 0 Å². The molecule has 0 aliphatic carbocycles. The maximum atomic E-state index is 13.2. The van der Waals surface area contributed by atoms with Gasteiger partial charge in [-0.05, 0) is 36.8 Å². The number of aryl methyl sites for hydroxylation is 1. The van der Waals surface area contributed by atoms with E-state index in [-0.39, 0.29) is 11.3 Å². The van der Waals surface area contributed by atoms with Crippen molar-refractivity contribution in [3.05, 3.63) is 87.8 Å². The molecule has 1 N–H and O–H groups in total. The van der Waals surface area contributed by atoms with Crippen molar-refractivity contribution in [2.45, 2.75) is 13.0 Å². The van der Waals surface area contributed by atoms with Gasteiger partial charge in [0.15, 0.2) is 10.9 Å². The van der Waals surface area contributed by atoms with Crippen LogP contribution in [0, 0.1) is 6.92 Å². The summed E-state index contributed by atoms with van der Waals surface area (Å²) in [5, 5.41) is 14.0. The number of thiazole rings is 1. The molecule has 1 aromatic carbocycles. The first-order chi connectivity index (χ1) is 15.0. The number of pyridine rings is 1. The summed E-state index contributed by atoms with van der Waals surface area (Å²) in [6.07, 6.45) is 3.31. The van der Waals surface area contributed by atoms with Crippen LogP contribution in [0.2, 0.25) is 5.02 Å². The van der Waals surface area contributed by atoms with Gasteiger partial charge in [0.25, 0.3) is 5.78 Å². The molecule has 3 aromatic heterocycles. The number of rotatable bonds is 3. The van der Waals surface area contributed by atoms with Gasteiger partial charge in [0, 0.05) is 22.8 Å². The van der Waals surface area contributed by atoms with Crippen LogP contribution in [0.3, 0.4) is 0 Å². The molecule has 1 aliphatic heterocycles. The molecule has 1 atom stereocenters. The standard InChI is InChI=1S/C22H15ClN4O3S/c1-12-17(26-10-3-2-4-15(26)25-12)19(28)16-18(13-5-7-14(23)8-6-13)27(21(30)20(16)29)22-24-9-11-31-22/h2-11,18,28H,1H3/b19-16+. The highest BCUT2D eigenvalue weighted by atomic mass is 35.5. The number of carbonyl (C=O) groups excluding carboxylic acids is 2. The second-order valence-corrected chi connectivity index (χ2v) is 8.32. The number of Topliss-reactive ketones (excluding diaryl/α,β-unsaturated/α-hetero) is 1. The number of aliphatic hydroxyl groups excluding tert-OH is 1. The number of halogens is 1. The number of imidazole rings is 1. The number of anilines is 1. The number of aliphatic hydroxyl groups is 1. The Hall–Kier alpha value is -3.49. The number of benzene rings is 1. The summed E-state index contributed by atoms with van der Waals surface area (Å²) < 4.78 is 1.69. The number of ketones is 1. The fraction of sp³-hybridized carbons (Fsp3) is 0.0909. The number of hydrogen-bond donors (Lipinski definition) is 1. The second kappa shape index (κ2) is 7.33. The van der Waals surface area contributed by atoms with Crippen molar-refractivity contribution in [1.82, 2.24) is 14.4 Å². The highest BCUT2D eigenvalue weighted by Crippen LogP contribution is 2.43. The molecule has 31 heavy (non-hydrogen) atoms. The Kier molecular flexibility index (Phi) is 4.60. The largest absolute Gasteiger partial charge is 0.505 e. The maximum absolute atomic E-state index is 13.2. The number of hydrogen-bond acceptors (Lipinski definition) is 6. The van der Waals surface area contributed by atoms with Crippen LogP contribution in [0.5, 0.6) is 0 Å². The van der Waals surface area contributed by atoms with Gasteiger partial charge in [-0.3, -0.25) is 18.9 Å². The lowest BCUT2D eigenvalue weighted by molar-refractivity contribution is -0.132. The lowest BCUT2D eigenvalue weighted by Crippen LogP contribution is -2.29. The van der Waals surface area contributed by atoms with Crippen molar-refractivity contribution in [3.63, 3.8) is 0 Å². The summed E-state index contributed by atoms with van der Waals surface area (Å²) in [6.45, 7) is 1.75. The molecule has 0 saturated carbocycles. The first kappa shape index (κ1) is 19.5. The molecule has 7 nitrogen and oxygen atoms in total. The van der Waals surface area contributed by atoms with Crippen molar-refractivity contribution < 1.29 is 14.7 Å². The van der Waals surface area contributed by atoms with Crippen molar-refractivity contribution in [3.8, 4) is 0 Å². The first-order valence-electron chi connectivity index (χ1n) is 9.37. The normalized spacial score (nSPS) is 18.3. The Labute approximate surface area is 185 Å². The minimum absolute atomic E-state index is 0.0173. The van der Waals surface area contributed by atoms with Crippen LogP contribution >= 0.6 is 22.9 Å². The average molecular weight is 451 g/mol. The Morgan fingerprint density at radius 2 is 1.94 bits per heavy atom. The number of amides is 1. The summed E-state index contributed by atoms with van der Waals surface area (Å²) in [5.74, 6) is -1.81. The molecular formula is C22H15ClN4O3S. The van der Waals surface area contributed by atoms with Gasteiger partial charge < -0.3 is 5.11 Å². The predicted molar refractivity (Wildman–Crippen MR) is 118 cm³/mol. The summed E-state index contributed by atoms with van der Waals surface area (Å²) in [6, 6.07) is 11.4. The molecule has 4 heterocycles. The SMILES string of the molecule is Cc1nc2ccccn2c1/C(O)=C1\C(=O)C(=O)N(c2nccs2)C1c1ccc(Cl)cc1. The number of aromatic nitrogens is 3. The van der Waals surface area contributed by atoms with E-state index in [2.05, 4.69) is 9.97 Å². The van der Waals surface area contributed by atoms with Crippen molar-refractivity contribution in [2.24, 2.45) is 0 Å². The number of fused-ring (bicyclic) bond motifs is 1. The molecule has 0 radical (unpaired) electrons. The van der Waals surface area contributed by atoms with Crippen molar-refractivity contribution in [2.75, 3.05) is 4.90 Å². The molecule has 0 bridgehead atoms. The van der Waals surface area contributed by atoms with Crippen LogP contribution in [0.25, 0.3) is 11.4 Å². The third kappa shape index (κ3) is 3.03. The highest BCUT2D eigenvalue weighted by molar-refractivity contribution is 7.14. The van der Waals surface area contributed by atoms with Gasteiger partial charge in [-0.15, -0.1) is 11.3 Å². The summed E-state index contributed by atoms with van der Waals surface area (Å²) in [7, 11) is 0. The van der Waals surface area contributed by atoms with E-state index in [9.17, 15) is 14.7 Å². The molecule has 4 aromatic rings. The van der Waals surface area contributed by atoms with E-state index in [0.29, 0.717) is 32.8 Å². The van der Waals surface area contributed by atoms with E-state index in [0.717, 1.165) is 0 Å². The summed E-state index contributed by atoms with van der Waals surface area (Å²) in [4.78, 5) is 36.2. The molecule has 1 saturated heterocycles. The summed E-state index contributed by atoms with van der Waals surface area (Å²) in [5.41, 5.74) is 2.15. The first-order valence-corrected chi connectivity index (χ1v) is 10.6. The lowest BCUT2D eigenvalue weighted by Gasteiger charge is -2.23. The number of nitrogens with zero attached hydrogens (tertiary/aromatic N) is 4. The molecule has 1 unspecified atom stereocenters. The molecule has 5 rings (SSSR count). The molecule has 154 valence electrons. The third-order valence-corrected chi connectivity index (χ3v) is 6.21. The van der Waals surface area contributed by atoms with Crippen LogP contribution in [0.1, 0.15) is 23.0 Å². The lowest BCUT2D eigenvalue weighted by atomic mass is 9.96. The molecule has 9 heteroatoms. The Bertz CT molecular complexity index is 1360. The van der Waals surface area contributed by atoms with Crippen LogP contribution < -0.4 is 4.90 Å². The van der Waals surface area contributed by atoms with Crippen molar-refractivity contribution >= 4 is 51.2 Å². The van der Waals surface area contributed by atoms with Crippen molar-refractivity contribution in [1.29, 1.82) is 0 Å². The third-order valence-electron chi connectivity index (χ3n) is 5.18. The van der Waals surface area contributed by atoms with Crippen LogP contribution in [0.4, 0.5) is 5.13 Å². The van der Waals surface area contributed by atoms with Gasteiger partial charge in [0.2, 0.25) is 0 Å². The van der Waals surface area contributed by atoms with E-state index in [1.165, 1.54) is 16.2 Å². The van der Waals surface area contributed by atoms with E-state index in [1.807, 2.05) is 6.07 Å². The van der Waals surface area contributed by atoms with E-state index in [1.54, 1.807) is 65.5 Å². The maximum Gasteiger partial charge on any atom is 0.301 e. The molecule has 1 aliphatic rings. The highest BCUT2D eigenvalue weighted by Gasteiger charge is 2.48. The monoisotopic (exact) mass is 450 g/mol. The van der Waals surface area contributed by atoms with Gasteiger partial charge in [0.1, 0.15) is 11.3 Å². The molecular weight excluding hydrogens is 436 g/mol. The minimum Gasteiger partial charge on any atom is -0.505 e. The van der Waals surface area contributed by atoms with Crippen LogP contribution in [-0.2, 0) is 9.59 Å². The zero-order chi connectivity index (χ0) is 21.7. The fourth-order valence-electron chi connectivity index (χ4n) is 3.85. The van der Waals surface area contributed by atoms with E-state index < -0.39 is 17.7 Å².